The maximum absolute atomic E-state index is 11.0. The first-order chi connectivity index (χ1) is 6.66. The van der Waals surface area contributed by atoms with Gasteiger partial charge < -0.3 is 11.1 Å². The van der Waals surface area contributed by atoms with Crippen LogP contribution in [0.25, 0.3) is 0 Å². The van der Waals surface area contributed by atoms with Crippen LogP contribution in [0.15, 0.2) is 17.0 Å². The molecule has 72 valence electrons. The third kappa shape index (κ3) is 1.56. The fraction of sp³-hybridized carbons (Fsp3) is 0.125. The van der Waals surface area contributed by atoms with E-state index in [1.165, 1.54) is 11.8 Å². The molecule has 3 N–H and O–H groups in total. The molecule has 0 unspecified atom stereocenters. The van der Waals surface area contributed by atoms with Crippen molar-refractivity contribution in [2.45, 2.75) is 4.90 Å². The maximum atomic E-state index is 11.0. The van der Waals surface area contributed by atoms with Gasteiger partial charge in [0, 0.05) is 0 Å². The van der Waals surface area contributed by atoms with Gasteiger partial charge in [0.15, 0.2) is 0 Å². The molecule has 0 saturated carbocycles. The number of carbonyl (C=O) groups excluding carboxylic acids is 2. The number of thioether (sulfide) groups is 1. The Morgan fingerprint density at radius 2 is 2.36 bits per heavy atom. The summed E-state index contributed by atoms with van der Waals surface area (Å²) in [5.41, 5.74) is 5.22. The SMILES string of the molecule is NC(=O)c1ccc2c(n1)NC(=O)CS2. The number of hydrogen-bond acceptors (Lipinski definition) is 4. The van der Waals surface area contributed by atoms with Gasteiger partial charge in [0.25, 0.3) is 5.91 Å². The van der Waals surface area contributed by atoms with E-state index in [4.69, 9.17) is 5.73 Å². The lowest BCUT2D eigenvalue weighted by Crippen LogP contribution is -2.21. The lowest BCUT2D eigenvalue weighted by molar-refractivity contribution is -0.113. The number of fused-ring (bicyclic) bond motifs is 1. The zero-order valence-corrected chi connectivity index (χ0v) is 7.93. The highest BCUT2D eigenvalue weighted by Gasteiger charge is 2.17. The van der Waals surface area contributed by atoms with Crippen molar-refractivity contribution in [1.82, 2.24) is 4.98 Å². The number of nitrogens with two attached hydrogens (primary N) is 1. The highest BCUT2D eigenvalue weighted by molar-refractivity contribution is 8.00. The monoisotopic (exact) mass is 209 g/mol. The van der Waals surface area contributed by atoms with E-state index in [1.807, 2.05) is 0 Å². The number of aromatic nitrogens is 1. The number of carbonyl (C=O) groups is 2. The number of amides is 2. The van der Waals surface area contributed by atoms with Crippen molar-refractivity contribution in [2.24, 2.45) is 5.73 Å². The number of hydrogen-bond donors (Lipinski definition) is 2. The summed E-state index contributed by atoms with van der Waals surface area (Å²) in [6.45, 7) is 0. The Bertz CT molecular complexity index is 419. The molecule has 0 fully saturated rings. The molecule has 1 aromatic rings. The number of nitrogens with one attached hydrogen (secondary N) is 1. The van der Waals surface area contributed by atoms with Crippen molar-refractivity contribution in [2.75, 3.05) is 11.1 Å². The highest BCUT2D eigenvalue weighted by Crippen LogP contribution is 2.29. The zero-order valence-electron chi connectivity index (χ0n) is 7.11. The second-order valence-corrected chi connectivity index (χ2v) is 3.76. The van der Waals surface area contributed by atoms with Gasteiger partial charge in [0.2, 0.25) is 5.91 Å². The predicted molar refractivity (Wildman–Crippen MR) is 52.1 cm³/mol. The molecule has 0 saturated heterocycles. The van der Waals surface area contributed by atoms with Crippen LogP contribution in [0, 0.1) is 0 Å². The first-order valence-electron chi connectivity index (χ1n) is 3.90. The molecule has 0 aliphatic carbocycles. The van der Waals surface area contributed by atoms with Crippen molar-refractivity contribution in [3.05, 3.63) is 17.8 Å². The van der Waals surface area contributed by atoms with Crippen LogP contribution in [0.4, 0.5) is 5.82 Å². The lowest BCUT2D eigenvalue weighted by atomic mass is 10.3. The molecule has 0 bridgehead atoms. The Kier molecular flexibility index (Phi) is 2.12. The third-order valence-corrected chi connectivity index (χ3v) is 2.77. The molecule has 0 spiro atoms. The van der Waals surface area contributed by atoms with Crippen LogP contribution in [0.3, 0.4) is 0 Å². The molecule has 2 amide bonds. The molecular weight excluding hydrogens is 202 g/mol. The molecular formula is C8H7N3O2S. The number of anilines is 1. The number of nitrogens with zero attached hydrogens (tertiary/aromatic N) is 1. The van der Waals surface area contributed by atoms with E-state index in [2.05, 4.69) is 10.3 Å². The Hall–Kier alpha value is -1.56. The summed E-state index contributed by atoms with van der Waals surface area (Å²) < 4.78 is 0. The first-order valence-corrected chi connectivity index (χ1v) is 4.89. The average molecular weight is 209 g/mol. The first kappa shape index (κ1) is 9.01. The van der Waals surface area contributed by atoms with Crippen LogP contribution in [0.2, 0.25) is 0 Å². The standard InChI is InChI=1S/C8H7N3O2S/c9-7(13)4-1-2-5-8(10-4)11-6(12)3-14-5/h1-2H,3H2,(H2,9,13)(H,10,11,12). The van der Waals surface area contributed by atoms with Crippen molar-refractivity contribution >= 4 is 29.4 Å². The Morgan fingerprint density at radius 3 is 3.07 bits per heavy atom. The van der Waals surface area contributed by atoms with E-state index in [9.17, 15) is 9.59 Å². The minimum absolute atomic E-state index is 0.114. The number of primary amides is 1. The smallest absolute Gasteiger partial charge is 0.267 e. The molecule has 1 aromatic heterocycles. The van der Waals surface area contributed by atoms with E-state index in [0.717, 1.165) is 4.90 Å². The van der Waals surface area contributed by atoms with Crippen LogP contribution >= 0.6 is 11.8 Å². The van der Waals surface area contributed by atoms with E-state index < -0.39 is 5.91 Å². The molecule has 0 aromatic carbocycles. The summed E-state index contributed by atoms with van der Waals surface area (Å²) in [6.07, 6.45) is 0. The molecule has 5 nitrogen and oxygen atoms in total. The van der Waals surface area contributed by atoms with Crippen LogP contribution in [0.1, 0.15) is 10.5 Å². The van der Waals surface area contributed by atoms with Crippen LogP contribution in [-0.2, 0) is 4.79 Å². The summed E-state index contributed by atoms with van der Waals surface area (Å²) in [6, 6.07) is 3.28. The number of pyridine rings is 1. The van der Waals surface area contributed by atoms with Crippen LogP contribution in [-0.4, -0.2) is 22.6 Å². The molecule has 2 rings (SSSR count). The van der Waals surface area contributed by atoms with Gasteiger partial charge in [-0.05, 0) is 12.1 Å². The Balaban J connectivity index is 2.42. The second-order valence-electron chi connectivity index (χ2n) is 2.74. The topological polar surface area (TPSA) is 85.1 Å². The molecule has 1 aliphatic heterocycles. The van der Waals surface area contributed by atoms with Gasteiger partial charge in [-0.15, -0.1) is 11.8 Å². The summed E-state index contributed by atoms with van der Waals surface area (Å²) in [4.78, 5) is 26.6. The molecule has 0 radical (unpaired) electrons. The summed E-state index contributed by atoms with van der Waals surface area (Å²) >= 11 is 1.39. The van der Waals surface area contributed by atoms with Crippen molar-refractivity contribution in [3.63, 3.8) is 0 Å². The molecule has 14 heavy (non-hydrogen) atoms. The van der Waals surface area contributed by atoms with Crippen molar-refractivity contribution in [3.8, 4) is 0 Å². The van der Waals surface area contributed by atoms with Gasteiger partial charge in [-0.3, -0.25) is 9.59 Å². The largest absolute Gasteiger partial charge is 0.364 e. The van der Waals surface area contributed by atoms with Crippen LogP contribution in [0.5, 0.6) is 0 Å². The summed E-state index contributed by atoms with van der Waals surface area (Å²) in [5.74, 6) is 0.0849. The molecule has 0 atom stereocenters. The summed E-state index contributed by atoms with van der Waals surface area (Å²) in [5, 5.41) is 2.58. The third-order valence-electron chi connectivity index (χ3n) is 1.73. The predicted octanol–water partition coefficient (Wildman–Crippen LogP) is 0.225. The van der Waals surface area contributed by atoms with Gasteiger partial charge in [-0.25, -0.2) is 4.98 Å². The van der Waals surface area contributed by atoms with Gasteiger partial charge in [0.1, 0.15) is 11.5 Å². The average Bonchev–Trinajstić information content (AvgIpc) is 2.16. The number of rotatable bonds is 1. The maximum Gasteiger partial charge on any atom is 0.267 e. The minimum atomic E-state index is -0.599. The van der Waals surface area contributed by atoms with Crippen molar-refractivity contribution < 1.29 is 9.59 Å². The molecule has 6 heteroatoms. The highest BCUT2D eigenvalue weighted by atomic mass is 32.2. The van der Waals surface area contributed by atoms with Gasteiger partial charge in [-0.2, -0.15) is 0 Å². The van der Waals surface area contributed by atoms with Gasteiger partial charge >= 0.3 is 0 Å². The fourth-order valence-corrected chi connectivity index (χ4v) is 1.86. The molecule has 2 heterocycles. The second kappa shape index (κ2) is 3.30. The van der Waals surface area contributed by atoms with Crippen molar-refractivity contribution in [1.29, 1.82) is 0 Å². The fourth-order valence-electron chi connectivity index (χ4n) is 1.10. The molecule has 1 aliphatic rings. The Labute approximate surface area is 84.1 Å². The normalized spacial score (nSPS) is 14.4. The van der Waals surface area contributed by atoms with E-state index in [-0.39, 0.29) is 11.6 Å². The van der Waals surface area contributed by atoms with Gasteiger partial charge in [-0.1, -0.05) is 0 Å². The van der Waals surface area contributed by atoms with E-state index >= 15 is 0 Å². The quantitative estimate of drug-likeness (QED) is 0.693. The summed E-state index contributed by atoms with van der Waals surface area (Å²) in [7, 11) is 0. The lowest BCUT2D eigenvalue weighted by Gasteiger charge is -2.14. The Morgan fingerprint density at radius 1 is 1.57 bits per heavy atom. The van der Waals surface area contributed by atoms with E-state index in [0.29, 0.717) is 11.6 Å². The minimum Gasteiger partial charge on any atom is -0.364 e. The van der Waals surface area contributed by atoms with E-state index in [1.54, 1.807) is 12.1 Å². The zero-order chi connectivity index (χ0) is 10.1. The van der Waals surface area contributed by atoms with Gasteiger partial charge in [0.05, 0.1) is 10.6 Å². The van der Waals surface area contributed by atoms with Crippen LogP contribution < -0.4 is 11.1 Å².